The molecule has 0 saturated carbocycles. The van der Waals surface area contributed by atoms with Gasteiger partial charge in [-0.1, -0.05) is 56.3 Å². The van der Waals surface area contributed by atoms with Crippen LogP contribution in [0.2, 0.25) is 0 Å². The standard InChI is InChI=1S/C17H20FN/c1-17(2,14-9-11-15(18)12-10-14)16(19-3)13-7-5-4-6-8-13/h4-12,16,19H,1-3H3. The predicted molar refractivity (Wildman–Crippen MR) is 77.7 cm³/mol. The SMILES string of the molecule is CNC(c1ccccc1)C(C)(C)c1ccc(F)cc1. The number of halogens is 1. The van der Waals surface area contributed by atoms with E-state index in [1.165, 1.54) is 17.7 Å². The maximum Gasteiger partial charge on any atom is 0.123 e. The minimum atomic E-state index is -0.194. The molecule has 19 heavy (non-hydrogen) atoms. The molecule has 100 valence electrons. The number of nitrogens with one attached hydrogen (secondary N) is 1. The van der Waals surface area contributed by atoms with E-state index in [2.05, 4.69) is 31.3 Å². The second-order valence-corrected chi connectivity index (χ2v) is 5.36. The molecule has 0 aromatic heterocycles. The highest BCUT2D eigenvalue weighted by Gasteiger charge is 2.31. The van der Waals surface area contributed by atoms with Gasteiger partial charge in [0.15, 0.2) is 0 Å². The molecule has 1 unspecified atom stereocenters. The maximum absolute atomic E-state index is 13.1. The molecule has 2 aromatic rings. The van der Waals surface area contributed by atoms with Gasteiger partial charge in [0.05, 0.1) is 0 Å². The van der Waals surface area contributed by atoms with Crippen LogP contribution in [-0.2, 0) is 5.41 Å². The van der Waals surface area contributed by atoms with Gasteiger partial charge in [0.1, 0.15) is 5.82 Å². The topological polar surface area (TPSA) is 12.0 Å². The highest BCUT2D eigenvalue weighted by atomic mass is 19.1. The van der Waals surface area contributed by atoms with Crippen LogP contribution < -0.4 is 5.32 Å². The third-order valence-electron chi connectivity index (χ3n) is 3.73. The Hall–Kier alpha value is -1.67. The third kappa shape index (κ3) is 2.85. The van der Waals surface area contributed by atoms with Gasteiger partial charge in [-0.05, 0) is 30.3 Å². The van der Waals surface area contributed by atoms with Gasteiger partial charge in [0, 0.05) is 11.5 Å². The minimum absolute atomic E-state index is 0.121. The molecule has 1 N–H and O–H groups in total. The van der Waals surface area contributed by atoms with Crippen molar-refractivity contribution in [3.63, 3.8) is 0 Å². The smallest absolute Gasteiger partial charge is 0.123 e. The zero-order valence-corrected chi connectivity index (χ0v) is 11.7. The molecule has 0 amide bonds. The summed E-state index contributed by atoms with van der Waals surface area (Å²) in [6, 6.07) is 17.3. The number of likely N-dealkylation sites (N-methyl/N-ethyl adjacent to an activating group) is 1. The summed E-state index contributed by atoms with van der Waals surface area (Å²) in [4.78, 5) is 0. The van der Waals surface area contributed by atoms with Gasteiger partial charge >= 0.3 is 0 Å². The summed E-state index contributed by atoms with van der Waals surface area (Å²) < 4.78 is 13.1. The number of rotatable bonds is 4. The Morgan fingerprint density at radius 3 is 2.05 bits per heavy atom. The van der Waals surface area contributed by atoms with Crippen molar-refractivity contribution in [2.75, 3.05) is 7.05 Å². The maximum atomic E-state index is 13.1. The quantitative estimate of drug-likeness (QED) is 0.870. The Labute approximate surface area is 114 Å². The fourth-order valence-corrected chi connectivity index (χ4v) is 2.64. The second kappa shape index (κ2) is 5.54. The Morgan fingerprint density at radius 1 is 0.947 bits per heavy atom. The molecule has 0 fully saturated rings. The first kappa shape index (κ1) is 13.8. The molecular weight excluding hydrogens is 237 g/mol. The van der Waals surface area contributed by atoms with Gasteiger partial charge in [-0.25, -0.2) is 4.39 Å². The van der Waals surface area contributed by atoms with E-state index in [4.69, 9.17) is 0 Å². The van der Waals surface area contributed by atoms with E-state index in [0.717, 1.165) is 5.56 Å². The largest absolute Gasteiger partial charge is 0.312 e. The van der Waals surface area contributed by atoms with E-state index in [1.807, 2.05) is 37.4 Å². The van der Waals surface area contributed by atoms with Gasteiger partial charge < -0.3 is 5.32 Å². The summed E-state index contributed by atoms with van der Waals surface area (Å²) in [7, 11) is 1.96. The molecule has 0 aliphatic rings. The Bertz CT molecular complexity index is 517. The van der Waals surface area contributed by atoms with E-state index < -0.39 is 0 Å². The van der Waals surface area contributed by atoms with Crippen LogP contribution in [0.15, 0.2) is 54.6 Å². The lowest BCUT2D eigenvalue weighted by Gasteiger charge is -2.35. The van der Waals surface area contributed by atoms with Crippen molar-refractivity contribution >= 4 is 0 Å². The van der Waals surface area contributed by atoms with Crippen LogP contribution in [0.5, 0.6) is 0 Å². The molecule has 1 nitrogen and oxygen atoms in total. The molecular formula is C17H20FN. The van der Waals surface area contributed by atoms with Crippen LogP contribution in [-0.4, -0.2) is 7.05 Å². The molecule has 0 saturated heterocycles. The average Bonchev–Trinajstić information content (AvgIpc) is 2.41. The summed E-state index contributed by atoms with van der Waals surface area (Å²) in [6.07, 6.45) is 0. The van der Waals surface area contributed by atoms with Crippen LogP contribution >= 0.6 is 0 Å². The molecule has 0 aliphatic carbocycles. The molecule has 0 heterocycles. The molecule has 0 bridgehead atoms. The van der Waals surface area contributed by atoms with Gasteiger partial charge in [0.2, 0.25) is 0 Å². The Morgan fingerprint density at radius 2 is 1.53 bits per heavy atom. The Kier molecular flexibility index (Phi) is 4.01. The normalized spacial score (nSPS) is 13.3. The first-order valence-electron chi connectivity index (χ1n) is 6.54. The molecule has 2 rings (SSSR count). The summed E-state index contributed by atoms with van der Waals surface area (Å²) in [5, 5.41) is 3.38. The van der Waals surface area contributed by atoms with Gasteiger partial charge in [-0.15, -0.1) is 0 Å². The molecule has 2 aromatic carbocycles. The highest BCUT2D eigenvalue weighted by Crippen LogP contribution is 2.36. The van der Waals surface area contributed by atoms with Crippen molar-refractivity contribution < 1.29 is 4.39 Å². The lowest BCUT2D eigenvalue weighted by atomic mass is 9.75. The fraction of sp³-hybridized carbons (Fsp3) is 0.294. The van der Waals surface area contributed by atoms with Crippen molar-refractivity contribution in [1.82, 2.24) is 5.32 Å². The van der Waals surface area contributed by atoms with E-state index in [9.17, 15) is 4.39 Å². The van der Waals surface area contributed by atoms with Crippen LogP contribution in [0.4, 0.5) is 4.39 Å². The van der Waals surface area contributed by atoms with Gasteiger partial charge in [-0.3, -0.25) is 0 Å². The van der Waals surface area contributed by atoms with Crippen LogP contribution in [0.25, 0.3) is 0 Å². The third-order valence-corrected chi connectivity index (χ3v) is 3.73. The molecule has 0 aliphatic heterocycles. The highest BCUT2D eigenvalue weighted by molar-refractivity contribution is 5.32. The molecule has 0 spiro atoms. The van der Waals surface area contributed by atoms with Crippen molar-refractivity contribution in [2.45, 2.75) is 25.3 Å². The monoisotopic (exact) mass is 257 g/mol. The Balaban J connectivity index is 2.38. The zero-order valence-electron chi connectivity index (χ0n) is 11.7. The average molecular weight is 257 g/mol. The summed E-state index contributed by atoms with van der Waals surface area (Å²) in [6.45, 7) is 4.35. The van der Waals surface area contributed by atoms with Gasteiger partial charge in [0.25, 0.3) is 0 Å². The number of hydrogen-bond donors (Lipinski definition) is 1. The van der Waals surface area contributed by atoms with Crippen molar-refractivity contribution in [1.29, 1.82) is 0 Å². The number of hydrogen-bond acceptors (Lipinski definition) is 1. The minimum Gasteiger partial charge on any atom is -0.312 e. The summed E-state index contributed by atoms with van der Waals surface area (Å²) in [5.41, 5.74) is 2.24. The summed E-state index contributed by atoms with van der Waals surface area (Å²) in [5.74, 6) is -0.194. The van der Waals surface area contributed by atoms with Crippen molar-refractivity contribution in [3.05, 3.63) is 71.5 Å². The van der Waals surface area contributed by atoms with E-state index in [1.54, 1.807) is 0 Å². The van der Waals surface area contributed by atoms with Crippen LogP contribution in [0.1, 0.15) is 31.0 Å². The molecule has 1 atom stereocenters. The van der Waals surface area contributed by atoms with Crippen molar-refractivity contribution in [3.8, 4) is 0 Å². The first-order chi connectivity index (χ1) is 9.05. The van der Waals surface area contributed by atoms with Crippen molar-refractivity contribution in [2.24, 2.45) is 0 Å². The van der Waals surface area contributed by atoms with E-state index >= 15 is 0 Å². The predicted octanol–water partition coefficient (Wildman–Crippen LogP) is 4.06. The molecule has 2 heteroatoms. The number of benzene rings is 2. The first-order valence-corrected chi connectivity index (χ1v) is 6.54. The fourth-order valence-electron chi connectivity index (χ4n) is 2.64. The second-order valence-electron chi connectivity index (χ2n) is 5.36. The lowest BCUT2D eigenvalue weighted by molar-refractivity contribution is 0.368. The van der Waals surface area contributed by atoms with E-state index in [-0.39, 0.29) is 17.3 Å². The zero-order chi connectivity index (χ0) is 13.9. The van der Waals surface area contributed by atoms with Crippen LogP contribution in [0.3, 0.4) is 0 Å². The van der Waals surface area contributed by atoms with Crippen LogP contribution in [0, 0.1) is 5.82 Å². The molecule has 0 radical (unpaired) electrons. The van der Waals surface area contributed by atoms with Gasteiger partial charge in [-0.2, -0.15) is 0 Å². The summed E-state index contributed by atoms with van der Waals surface area (Å²) >= 11 is 0. The lowest BCUT2D eigenvalue weighted by Crippen LogP contribution is -2.35. The van der Waals surface area contributed by atoms with E-state index in [0.29, 0.717) is 0 Å².